The number of benzene rings is 1. The summed E-state index contributed by atoms with van der Waals surface area (Å²) in [4.78, 5) is 24.8. The van der Waals surface area contributed by atoms with Crippen molar-refractivity contribution in [1.29, 1.82) is 0 Å². The van der Waals surface area contributed by atoms with Gasteiger partial charge < -0.3 is 5.11 Å². The summed E-state index contributed by atoms with van der Waals surface area (Å²) in [6, 6.07) is 11.4. The highest BCUT2D eigenvalue weighted by Gasteiger charge is 2.31. The van der Waals surface area contributed by atoms with E-state index in [1.165, 1.54) is 44.6 Å². The Morgan fingerprint density at radius 2 is 1.41 bits per heavy atom. The molecule has 3 rings (SSSR count). The van der Waals surface area contributed by atoms with Crippen molar-refractivity contribution < 1.29 is 14.7 Å². The number of fused-ring (bicyclic) bond motifs is 1. The first-order valence-corrected chi connectivity index (χ1v) is 13.7. The number of Topliss-reactive ketones (excluding diaryl/α,β-unsaturated/α-hetero) is 2. The van der Waals surface area contributed by atoms with Gasteiger partial charge in [-0.05, 0) is 12.8 Å². The molecule has 0 saturated carbocycles. The summed E-state index contributed by atoms with van der Waals surface area (Å²) in [6.07, 6.45) is 10.5. The lowest BCUT2D eigenvalue weighted by Crippen LogP contribution is -2.24. The van der Waals surface area contributed by atoms with Gasteiger partial charge in [0, 0.05) is 16.7 Å². The molecule has 0 atom stereocenters. The lowest BCUT2D eigenvalue weighted by atomic mass is 9.86. The molecule has 0 amide bonds. The number of rotatable bonds is 9. The number of unbranched alkanes of at least 4 members (excludes halogenated alkanes) is 5. The first kappa shape index (κ1) is 20.1. The second kappa shape index (κ2) is 9.00. The van der Waals surface area contributed by atoms with E-state index in [1.807, 2.05) is 0 Å². The van der Waals surface area contributed by atoms with E-state index < -0.39 is 13.9 Å². The van der Waals surface area contributed by atoms with Gasteiger partial charge in [-0.25, -0.2) is 0 Å². The number of aliphatic hydroxyl groups is 1. The minimum Gasteiger partial charge on any atom is -0.504 e. The highest BCUT2D eigenvalue weighted by atomic mass is 28.3. The normalized spacial score (nSPS) is 18.9. The highest BCUT2D eigenvalue weighted by Crippen LogP contribution is 2.34. The molecule has 2 aliphatic rings. The zero-order valence-corrected chi connectivity index (χ0v) is 17.6. The Morgan fingerprint density at radius 1 is 0.852 bits per heavy atom. The summed E-state index contributed by atoms with van der Waals surface area (Å²) < 4.78 is 0. The first-order chi connectivity index (χ1) is 13.0. The number of carbonyl (C=O) groups is 2. The van der Waals surface area contributed by atoms with Gasteiger partial charge in [-0.2, -0.15) is 0 Å². The minimum atomic E-state index is -0.838. The van der Waals surface area contributed by atoms with Crippen LogP contribution in [0.3, 0.4) is 0 Å². The molecule has 1 aromatic rings. The Hall–Kier alpha value is -1.68. The maximum atomic E-state index is 12.6. The zero-order chi connectivity index (χ0) is 19.3. The van der Waals surface area contributed by atoms with E-state index in [0.717, 1.165) is 12.8 Å². The summed E-state index contributed by atoms with van der Waals surface area (Å²) in [5.41, 5.74) is 1.06. The lowest BCUT2D eigenvalue weighted by molar-refractivity contribution is 0.0926. The van der Waals surface area contributed by atoms with Crippen LogP contribution in [0, 0.1) is 0 Å². The molecule has 1 heterocycles. The van der Waals surface area contributed by atoms with Crippen LogP contribution in [-0.4, -0.2) is 24.7 Å². The van der Waals surface area contributed by atoms with E-state index in [-0.39, 0.29) is 11.5 Å². The van der Waals surface area contributed by atoms with Gasteiger partial charge in [-0.15, -0.1) is 0 Å². The third-order valence-corrected chi connectivity index (χ3v) is 11.1. The van der Waals surface area contributed by atoms with Crippen LogP contribution in [0.15, 0.2) is 35.6 Å². The Bertz CT molecular complexity index is 729. The van der Waals surface area contributed by atoms with E-state index in [1.54, 1.807) is 36.4 Å². The summed E-state index contributed by atoms with van der Waals surface area (Å²) >= 11 is 0. The largest absolute Gasteiger partial charge is 0.504 e. The van der Waals surface area contributed by atoms with E-state index in [9.17, 15) is 14.7 Å². The molecule has 1 aliphatic heterocycles. The zero-order valence-electron chi connectivity index (χ0n) is 16.6. The molecule has 0 aromatic heterocycles. The van der Waals surface area contributed by atoms with Crippen molar-refractivity contribution in [2.24, 2.45) is 0 Å². The summed E-state index contributed by atoms with van der Waals surface area (Å²) in [7, 11) is -0.838. The SMILES string of the molecule is C[Si]1(CCCCCCCCC2=C(O)C(=O)c3ccccc3C2=O)CCCC1. The van der Waals surface area contributed by atoms with Gasteiger partial charge in [0.25, 0.3) is 0 Å². The number of ketones is 2. The van der Waals surface area contributed by atoms with Crippen LogP contribution in [0.2, 0.25) is 24.7 Å². The van der Waals surface area contributed by atoms with Crippen molar-refractivity contribution in [1.82, 2.24) is 0 Å². The number of hydrogen-bond acceptors (Lipinski definition) is 3. The molecule has 3 nitrogen and oxygen atoms in total. The van der Waals surface area contributed by atoms with Gasteiger partial charge in [-0.3, -0.25) is 9.59 Å². The minimum absolute atomic E-state index is 0.183. The molecule has 1 saturated heterocycles. The van der Waals surface area contributed by atoms with E-state index >= 15 is 0 Å². The molecule has 1 N–H and O–H groups in total. The summed E-state index contributed by atoms with van der Waals surface area (Å²) in [6.45, 7) is 2.58. The fraction of sp³-hybridized carbons (Fsp3) is 0.565. The molecule has 0 radical (unpaired) electrons. The molecular formula is C23H32O3Si. The molecule has 1 fully saturated rings. The van der Waals surface area contributed by atoms with E-state index in [4.69, 9.17) is 0 Å². The fourth-order valence-corrected chi connectivity index (χ4v) is 8.75. The van der Waals surface area contributed by atoms with Crippen molar-refractivity contribution in [2.45, 2.75) is 82.5 Å². The van der Waals surface area contributed by atoms with Crippen molar-refractivity contribution >= 4 is 19.6 Å². The predicted molar refractivity (Wildman–Crippen MR) is 112 cm³/mol. The van der Waals surface area contributed by atoms with E-state index in [2.05, 4.69) is 6.55 Å². The topological polar surface area (TPSA) is 54.4 Å². The van der Waals surface area contributed by atoms with Crippen molar-refractivity contribution in [3.05, 3.63) is 46.7 Å². The lowest BCUT2D eigenvalue weighted by Gasteiger charge is -2.20. The van der Waals surface area contributed by atoms with Crippen LogP contribution < -0.4 is 0 Å². The molecule has 0 spiro atoms. The Labute approximate surface area is 163 Å². The van der Waals surface area contributed by atoms with Gasteiger partial charge in [0.05, 0.1) is 8.07 Å². The molecule has 1 aliphatic carbocycles. The van der Waals surface area contributed by atoms with Gasteiger partial charge in [-0.1, -0.05) is 93.9 Å². The average Bonchev–Trinajstić information content (AvgIpc) is 3.11. The maximum Gasteiger partial charge on any atom is 0.228 e. The van der Waals surface area contributed by atoms with Crippen LogP contribution in [-0.2, 0) is 0 Å². The first-order valence-electron chi connectivity index (χ1n) is 10.6. The van der Waals surface area contributed by atoms with Crippen LogP contribution in [0.4, 0.5) is 0 Å². The number of aliphatic hydroxyl groups excluding tert-OH is 1. The Kier molecular flexibility index (Phi) is 6.69. The molecule has 0 unspecified atom stereocenters. The van der Waals surface area contributed by atoms with Crippen molar-refractivity contribution in [3.63, 3.8) is 0 Å². The molecule has 27 heavy (non-hydrogen) atoms. The number of carbonyl (C=O) groups excluding carboxylic acids is 2. The fourth-order valence-electron chi connectivity index (χ4n) is 4.68. The van der Waals surface area contributed by atoms with Crippen LogP contribution in [0.25, 0.3) is 0 Å². The van der Waals surface area contributed by atoms with Gasteiger partial charge in [0.15, 0.2) is 11.5 Å². The third-order valence-electron chi connectivity index (χ3n) is 6.46. The molecule has 4 heteroatoms. The quantitative estimate of drug-likeness (QED) is 0.391. The van der Waals surface area contributed by atoms with Crippen LogP contribution >= 0.6 is 0 Å². The third kappa shape index (κ3) is 4.78. The van der Waals surface area contributed by atoms with Crippen LogP contribution in [0.5, 0.6) is 0 Å². The van der Waals surface area contributed by atoms with Crippen LogP contribution in [0.1, 0.15) is 78.5 Å². The van der Waals surface area contributed by atoms with Crippen molar-refractivity contribution in [2.75, 3.05) is 0 Å². The summed E-state index contributed by atoms with van der Waals surface area (Å²) in [5, 5.41) is 10.2. The number of allylic oxidation sites excluding steroid dienone is 2. The predicted octanol–water partition coefficient (Wildman–Crippen LogP) is 6.48. The van der Waals surface area contributed by atoms with E-state index in [0.29, 0.717) is 23.1 Å². The second-order valence-electron chi connectivity index (χ2n) is 8.67. The molecule has 1 aromatic carbocycles. The average molecular weight is 385 g/mol. The molecular weight excluding hydrogens is 352 g/mol. The maximum absolute atomic E-state index is 12.6. The highest BCUT2D eigenvalue weighted by molar-refractivity contribution is 6.79. The second-order valence-corrected chi connectivity index (χ2v) is 13.8. The smallest absolute Gasteiger partial charge is 0.228 e. The standard InChI is InChI=1S/C23H32O3Si/c1-27(16-10-11-17-27)15-9-5-3-2-4-6-14-20-21(24)18-12-7-8-13-19(18)22(25)23(20)26/h7-8,12-13,26H,2-6,9-11,14-17H2,1H3. The molecule has 146 valence electrons. The van der Waals surface area contributed by atoms with Gasteiger partial charge in [0.1, 0.15) is 0 Å². The molecule has 0 bridgehead atoms. The van der Waals surface area contributed by atoms with Gasteiger partial charge >= 0.3 is 0 Å². The summed E-state index contributed by atoms with van der Waals surface area (Å²) in [5.74, 6) is -0.935. The van der Waals surface area contributed by atoms with Gasteiger partial charge in [0.2, 0.25) is 5.78 Å². The van der Waals surface area contributed by atoms with Crippen molar-refractivity contribution in [3.8, 4) is 0 Å². The Morgan fingerprint density at radius 3 is 2.07 bits per heavy atom. The number of hydrogen-bond donors (Lipinski definition) is 1. The monoisotopic (exact) mass is 384 g/mol. The Balaban J connectivity index is 1.37.